The number of benzene rings is 1. The molecular formula is C11H7O6-. The van der Waals surface area contributed by atoms with Gasteiger partial charge in [-0.25, -0.2) is 0 Å². The first kappa shape index (κ1) is 11.0. The Kier molecular flexibility index (Phi) is 2.70. The molecule has 0 fully saturated rings. The molecule has 6 heteroatoms. The van der Waals surface area contributed by atoms with Crippen molar-refractivity contribution in [2.75, 3.05) is 0 Å². The Bertz CT molecular complexity index is 517. The summed E-state index contributed by atoms with van der Waals surface area (Å²) < 4.78 is 14.8. The summed E-state index contributed by atoms with van der Waals surface area (Å²) in [7, 11) is 0. The first-order valence-electron chi connectivity index (χ1n) is 4.65. The number of aliphatic carboxylic acids is 1. The zero-order valence-corrected chi connectivity index (χ0v) is 8.76. The van der Waals surface area contributed by atoms with Gasteiger partial charge >= 0.3 is 5.97 Å². The van der Waals surface area contributed by atoms with E-state index in [0.29, 0.717) is 5.75 Å². The summed E-state index contributed by atoms with van der Waals surface area (Å²) in [6, 6.07) is 4.35. The number of esters is 1. The number of rotatable bonds is 2. The molecule has 0 aromatic heterocycles. The smallest absolute Gasteiger partial charge is 0.308 e. The van der Waals surface area contributed by atoms with Crippen molar-refractivity contribution in [3.63, 3.8) is 0 Å². The second-order valence-electron chi connectivity index (χ2n) is 3.19. The summed E-state index contributed by atoms with van der Waals surface area (Å²) in [5.41, 5.74) is 0. The third kappa shape index (κ3) is 2.36. The van der Waals surface area contributed by atoms with Crippen LogP contribution in [0.2, 0.25) is 0 Å². The minimum Gasteiger partial charge on any atom is -0.541 e. The number of fused-ring (bicyclic) bond motifs is 1. The highest BCUT2D eigenvalue weighted by Crippen LogP contribution is 2.35. The monoisotopic (exact) mass is 235 g/mol. The van der Waals surface area contributed by atoms with Crippen molar-refractivity contribution in [3.8, 4) is 17.2 Å². The second-order valence-corrected chi connectivity index (χ2v) is 3.19. The van der Waals surface area contributed by atoms with Crippen molar-refractivity contribution >= 4 is 11.9 Å². The lowest BCUT2D eigenvalue weighted by Gasteiger charge is -2.18. The van der Waals surface area contributed by atoms with Crippen molar-refractivity contribution in [3.05, 3.63) is 30.2 Å². The molecule has 1 aromatic carbocycles. The van der Waals surface area contributed by atoms with Crippen LogP contribution in [0.1, 0.15) is 6.92 Å². The Morgan fingerprint density at radius 2 is 2.06 bits per heavy atom. The number of carbonyl (C=O) groups excluding carboxylic acids is 2. The number of hydrogen-bond donors (Lipinski definition) is 0. The van der Waals surface area contributed by atoms with Crippen molar-refractivity contribution in [2.24, 2.45) is 0 Å². The molecular weight excluding hydrogens is 228 g/mol. The van der Waals surface area contributed by atoms with Gasteiger partial charge in [0.1, 0.15) is 18.0 Å². The zero-order chi connectivity index (χ0) is 12.4. The van der Waals surface area contributed by atoms with Crippen molar-refractivity contribution in [2.45, 2.75) is 6.92 Å². The van der Waals surface area contributed by atoms with Gasteiger partial charge in [0.15, 0.2) is 17.3 Å². The lowest BCUT2D eigenvalue weighted by molar-refractivity contribution is -0.302. The fourth-order valence-electron chi connectivity index (χ4n) is 1.24. The van der Waals surface area contributed by atoms with E-state index in [0.717, 1.165) is 6.26 Å². The van der Waals surface area contributed by atoms with E-state index in [9.17, 15) is 14.7 Å². The maximum atomic E-state index is 10.7. The van der Waals surface area contributed by atoms with E-state index in [2.05, 4.69) is 0 Å². The van der Waals surface area contributed by atoms with Gasteiger partial charge in [-0.15, -0.1) is 0 Å². The van der Waals surface area contributed by atoms with Crippen LogP contribution in [-0.2, 0) is 9.59 Å². The molecule has 1 heterocycles. The quantitative estimate of drug-likeness (QED) is 0.528. The largest absolute Gasteiger partial charge is 0.541 e. The van der Waals surface area contributed by atoms with Gasteiger partial charge in [-0.05, 0) is 12.1 Å². The zero-order valence-electron chi connectivity index (χ0n) is 8.76. The van der Waals surface area contributed by atoms with Crippen LogP contribution < -0.4 is 19.3 Å². The summed E-state index contributed by atoms with van der Waals surface area (Å²) in [6.45, 7) is 1.25. The van der Waals surface area contributed by atoms with Crippen LogP contribution in [0.4, 0.5) is 0 Å². The standard InChI is InChI=1S/C11H8O6/c1-6(12)16-7-2-3-8-9(4-7)17-10(5-15-8)11(13)14/h2-5H,1H3,(H,13,14)/p-1. The molecule has 0 saturated carbocycles. The van der Waals surface area contributed by atoms with Crippen LogP contribution in [0.25, 0.3) is 0 Å². The lowest BCUT2D eigenvalue weighted by Crippen LogP contribution is -2.28. The molecule has 0 saturated heterocycles. The third-order valence-corrected chi connectivity index (χ3v) is 1.89. The van der Waals surface area contributed by atoms with Gasteiger partial charge in [0, 0.05) is 13.0 Å². The van der Waals surface area contributed by atoms with Crippen molar-refractivity contribution < 1.29 is 28.9 Å². The van der Waals surface area contributed by atoms with Gasteiger partial charge in [-0.2, -0.15) is 0 Å². The average molecular weight is 235 g/mol. The fourth-order valence-corrected chi connectivity index (χ4v) is 1.24. The number of ether oxygens (including phenoxy) is 3. The molecule has 0 atom stereocenters. The Balaban J connectivity index is 2.26. The maximum Gasteiger partial charge on any atom is 0.308 e. The number of carboxylic acids is 1. The van der Waals surface area contributed by atoms with Gasteiger partial charge in [-0.3, -0.25) is 4.79 Å². The first-order valence-corrected chi connectivity index (χ1v) is 4.65. The molecule has 1 aliphatic rings. The van der Waals surface area contributed by atoms with Gasteiger partial charge in [-0.1, -0.05) is 0 Å². The van der Waals surface area contributed by atoms with E-state index in [-0.39, 0.29) is 11.5 Å². The van der Waals surface area contributed by atoms with Crippen molar-refractivity contribution in [1.29, 1.82) is 0 Å². The van der Waals surface area contributed by atoms with Gasteiger partial charge in [0.25, 0.3) is 0 Å². The molecule has 6 nitrogen and oxygen atoms in total. The Morgan fingerprint density at radius 3 is 2.71 bits per heavy atom. The highest BCUT2D eigenvalue weighted by molar-refractivity contribution is 5.83. The normalized spacial score (nSPS) is 12.6. The first-order chi connectivity index (χ1) is 8.06. The van der Waals surface area contributed by atoms with E-state index >= 15 is 0 Å². The van der Waals surface area contributed by atoms with Crippen LogP contribution in [0.5, 0.6) is 17.2 Å². The van der Waals surface area contributed by atoms with Crippen LogP contribution in [0, 0.1) is 0 Å². The van der Waals surface area contributed by atoms with E-state index in [1.807, 2.05) is 0 Å². The molecule has 0 radical (unpaired) electrons. The van der Waals surface area contributed by atoms with E-state index in [4.69, 9.17) is 14.2 Å². The third-order valence-electron chi connectivity index (χ3n) is 1.89. The SMILES string of the molecule is CC(=O)Oc1ccc2c(c1)OC(C(=O)[O-])=CO2. The number of hydrogen-bond acceptors (Lipinski definition) is 6. The highest BCUT2D eigenvalue weighted by Gasteiger charge is 2.16. The molecule has 0 aliphatic carbocycles. The molecule has 0 bridgehead atoms. The molecule has 88 valence electrons. The molecule has 17 heavy (non-hydrogen) atoms. The average Bonchev–Trinajstić information content (AvgIpc) is 2.27. The minimum absolute atomic E-state index is 0.144. The topological polar surface area (TPSA) is 84.9 Å². The molecule has 0 unspecified atom stereocenters. The summed E-state index contributed by atoms with van der Waals surface area (Å²) >= 11 is 0. The molecule has 0 N–H and O–H groups in total. The van der Waals surface area contributed by atoms with E-state index in [1.54, 1.807) is 0 Å². The van der Waals surface area contributed by atoms with Crippen LogP contribution in [-0.4, -0.2) is 11.9 Å². The van der Waals surface area contributed by atoms with Crippen LogP contribution in [0.3, 0.4) is 0 Å². The minimum atomic E-state index is -1.49. The predicted molar refractivity (Wildman–Crippen MR) is 52.1 cm³/mol. The van der Waals surface area contributed by atoms with Gasteiger partial charge < -0.3 is 24.1 Å². The van der Waals surface area contributed by atoms with Crippen molar-refractivity contribution in [1.82, 2.24) is 0 Å². The maximum absolute atomic E-state index is 10.7. The molecule has 0 spiro atoms. The van der Waals surface area contributed by atoms with Crippen LogP contribution in [0.15, 0.2) is 30.2 Å². The van der Waals surface area contributed by atoms with E-state index < -0.39 is 17.7 Å². The Morgan fingerprint density at radius 1 is 1.29 bits per heavy atom. The second kappa shape index (κ2) is 4.17. The number of carboxylic acid groups (broad SMARTS) is 1. The predicted octanol–water partition coefficient (Wildman–Crippen LogP) is -0.0256. The lowest BCUT2D eigenvalue weighted by atomic mass is 10.3. The van der Waals surface area contributed by atoms with Crippen LogP contribution >= 0.6 is 0 Å². The molecule has 1 aliphatic heterocycles. The van der Waals surface area contributed by atoms with Gasteiger partial charge in [0.05, 0.1) is 0 Å². The highest BCUT2D eigenvalue weighted by atomic mass is 16.6. The van der Waals surface area contributed by atoms with Gasteiger partial charge in [0.2, 0.25) is 0 Å². The molecule has 0 amide bonds. The summed E-state index contributed by atoms with van der Waals surface area (Å²) in [5.74, 6) is -1.72. The molecule has 2 rings (SSSR count). The number of carbonyl (C=O) groups is 2. The Hall–Kier alpha value is -2.50. The Labute approximate surface area is 96.0 Å². The molecule has 1 aromatic rings. The summed E-state index contributed by atoms with van der Waals surface area (Å²) in [6.07, 6.45) is 0.934. The summed E-state index contributed by atoms with van der Waals surface area (Å²) in [5, 5.41) is 10.6. The van der Waals surface area contributed by atoms with E-state index in [1.165, 1.54) is 25.1 Å². The summed E-state index contributed by atoms with van der Waals surface area (Å²) in [4.78, 5) is 21.3. The fraction of sp³-hybridized carbons (Fsp3) is 0.0909.